The first-order chi connectivity index (χ1) is 9.61. The van der Waals surface area contributed by atoms with Gasteiger partial charge in [-0.05, 0) is 35.3 Å². The maximum atomic E-state index is 4.42. The van der Waals surface area contributed by atoms with E-state index in [1.54, 1.807) is 17.7 Å². The smallest absolute Gasteiger partial charge is 0.137 e. The van der Waals surface area contributed by atoms with Crippen LogP contribution in [0.5, 0.6) is 0 Å². The predicted octanol–water partition coefficient (Wildman–Crippen LogP) is 4.07. The molecule has 0 atom stereocenters. The summed E-state index contributed by atoms with van der Waals surface area (Å²) >= 11 is 5.24. The summed E-state index contributed by atoms with van der Waals surface area (Å²) in [4.78, 5) is 12.2. The average molecular weight is 355 g/mol. The molecular weight excluding hydrogens is 336 g/mol. The first-order valence-electron chi connectivity index (χ1n) is 6.61. The second kappa shape index (κ2) is 7.04. The van der Waals surface area contributed by atoms with E-state index in [4.69, 9.17) is 0 Å². The van der Waals surface area contributed by atoms with Crippen molar-refractivity contribution in [3.63, 3.8) is 0 Å². The van der Waals surface area contributed by atoms with Crippen molar-refractivity contribution in [2.45, 2.75) is 26.8 Å². The molecule has 0 saturated carbocycles. The first kappa shape index (κ1) is 15.3. The van der Waals surface area contributed by atoms with Crippen molar-refractivity contribution in [2.75, 3.05) is 23.8 Å². The maximum absolute atomic E-state index is 4.42. The molecular formula is C14H19BrN4S. The van der Waals surface area contributed by atoms with Crippen molar-refractivity contribution in [2.24, 2.45) is 0 Å². The zero-order valence-corrected chi connectivity index (χ0v) is 14.4. The van der Waals surface area contributed by atoms with E-state index in [1.807, 2.05) is 0 Å². The molecule has 2 aromatic rings. The minimum atomic E-state index is 0.849. The van der Waals surface area contributed by atoms with Crippen LogP contribution in [0.25, 0.3) is 0 Å². The Bertz CT molecular complexity index is 570. The molecule has 0 aliphatic rings. The predicted molar refractivity (Wildman–Crippen MR) is 89.7 cm³/mol. The van der Waals surface area contributed by atoms with Gasteiger partial charge in [0.25, 0.3) is 0 Å². The molecule has 2 rings (SSSR count). The summed E-state index contributed by atoms with van der Waals surface area (Å²) in [6.07, 6.45) is 2.71. The van der Waals surface area contributed by atoms with Crippen molar-refractivity contribution in [1.29, 1.82) is 0 Å². The quantitative estimate of drug-likeness (QED) is 0.848. The number of nitrogens with zero attached hydrogens (tertiary/aromatic N) is 3. The first-order valence-corrected chi connectivity index (χ1v) is 8.28. The van der Waals surface area contributed by atoms with Crippen molar-refractivity contribution >= 4 is 38.9 Å². The molecule has 0 aliphatic carbocycles. The lowest BCUT2D eigenvalue weighted by molar-refractivity contribution is 0.889. The third-order valence-electron chi connectivity index (χ3n) is 2.98. The highest BCUT2D eigenvalue weighted by Gasteiger charge is 2.12. The molecule has 0 fully saturated rings. The molecule has 0 spiro atoms. The van der Waals surface area contributed by atoms with E-state index in [0.29, 0.717) is 0 Å². The van der Waals surface area contributed by atoms with E-state index in [2.05, 4.69) is 68.5 Å². The third-order valence-corrected chi connectivity index (χ3v) is 4.66. The van der Waals surface area contributed by atoms with Crippen LogP contribution in [0.15, 0.2) is 22.2 Å². The Morgan fingerprint density at radius 2 is 2.20 bits per heavy atom. The van der Waals surface area contributed by atoms with Gasteiger partial charge in [0, 0.05) is 33.9 Å². The maximum Gasteiger partial charge on any atom is 0.137 e. The van der Waals surface area contributed by atoms with E-state index in [-0.39, 0.29) is 0 Å². The Labute approximate surface area is 132 Å². The van der Waals surface area contributed by atoms with Gasteiger partial charge in [0.1, 0.15) is 18.0 Å². The summed E-state index contributed by atoms with van der Waals surface area (Å²) < 4.78 is 1.13. The summed E-state index contributed by atoms with van der Waals surface area (Å²) in [6.45, 7) is 5.99. The normalized spacial score (nSPS) is 10.6. The number of hydrogen-bond acceptors (Lipinski definition) is 5. The van der Waals surface area contributed by atoms with Crippen LogP contribution in [0.4, 0.5) is 11.6 Å². The molecule has 1 N–H and O–H groups in total. The van der Waals surface area contributed by atoms with Gasteiger partial charge in [-0.3, -0.25) is 0 Å². The number of anilines is 2. The summed E-state index contributed by atoms with van der Waals surface area (Å²) in [6, 6.07) is 2.15. The monoisotopic (exact) mass is 354 g/mol. The van der Waals surface area contributed by atoms with Gasteiger partial charge in [-0.15, -0.1) is 11.3 Å². The minimum Gasteiger partial charge on any atom is -0.370 e. The fourth-order valence-electron chi connectivity index (χ4n) is 1.99. The summed E-state index contributed by atoms with van der Waals surface area (Å²) in [5, 5.41) is 5.44. The van der Waals surface area contributed by atoms with Crippen LogP contribution in [-0.4, -0.2) is 23.6 Å². The Morgan fingerprint density at radius 3 is 2.85 bits per heavy atom. The van der Waals surface area contributed by atoms with Gasteiger partial charge in [0.15, 0.2) is 0 Å². The van der Waals surface area contributed by atoms with E-state index < -0.39 is 0 Å². The van der Waals surface area contributed by atoms with Gasteiger partial charge in [0.2, 0.25) is 0 Å². The molecule has 0 bridgehead atoms. The molecule has 2 aromatic heterocycles. The van der Waals surface area contributed by atoms with Gasteiger partial charge in [0.05, 0.1) is 6.54 Å². The number of halogens is 1. The topological polar surface area (TPSA) is 41.1 Å². The van der Waals surface area contributed by atoms with E-state index in [0.717, 1.165) is 41.2 Å². The fourth-order valence-corrected chi connectivity index (χ4v) is 3.50. The standard InChI is InChI=1S/C14H19BrN4S/c1-4-5-16-13-10(2)14(18-9-17-13)19(3)7-12-6-11(15)8-20-12/h6,8-9H,4-5,7H2,1-3H3,(H,16,17,18). The van der Waals surface area contributed by atoms with Crippen molar-refractivity contribution in [3.8, 4) is 0 Å². The highest BCUT2D eigenvalue weighted by atomic mass is 79.9. The average Bonchev–Trinajstić information content (AvgIpc) is 2.83. The Morgan fingerprint density at radius 1 is 1.40 bits per heavy atom. The second-order valence-electron chi connectivity index (χ2n) is 4.68. The third kappa shape index (κ3) is 3.70. The lowest BCUT2D eigenvalue weighted by Crippen LogP contribution is -2.19. The van der Waals surface area contributed by atoms with Crippen LogP contribution in [0, 0.1) is 6.92 Å². The Hall–Kier alpha value is -1.14. The van der Waals surface area contributed by atoms with Gasteiger partial charge >= 0.3 is 0 Å². The van der Waals surface area contributed by atoms with Crippen LogP contribution in [0.3, 0.4) is 0 Å². The number of aromatic nitrogens is 2. The molecule has 0 amide bonds. The largest absolute Gasteiger partial charge is 0.370 e. The summed E-state index contributed by atoms with van der Waals surface area (Å²) in [7, 11) is 2.06. The van der Waals surface area contributed by atoms with Crippen LogP contribution >= 0.6 is 27.3 Å². The lowest BCUT2D eigenvalue weighted by atomic mass is 10.3. The van der Waals surface area contributed by atoms with E-state index >= 15 is 0 Å². The second-order valence-corrected chi connectivity index (χ2v) is 6.60. The molecule has 2 heterocycles. The molecule has 4 nitrogen and oxygen atoms in total. The minimum absolute atomic E-state index is 0.849. The number of hydrogen-bond donors (Lipinski definition) is 1. The van der Waals surface area contributed by atoms with Gasteiger partial charge in [-0.1, -0.05) is 6.92 Å². The van der Waals surface area contributed by atoms with Crippen LogP contribution in [0.1, 0.15) is 23.8 Å². The number of thiophene rings is 1. The van der Waals surface area contributed by atoms with Crippen molar-refractivity contribution in [1.82, 2.24) is 9.97 Å². The molecule has 108 valence electrons. The number of nitrogens with one attached hydrogen (secondary N) is 1. The molecule has 0 unspecified atom stereocenters. The van der Waals surface area contributed by atoms with Gasteiger partial charge < -0.3 is 10.2 Å². The van der Waals surface area contributed by atoms with Crippen molar-refractivity contribution < 1.29 is 0 Å². The van der Waals surface area contributed by atoms with Gasteiger partial charge in [-0.25, -0.2) is 9.97 Å². The zero-order valence-electron chi connectivity index (χ0n) is 12.0. The SMILES string of the molecule is CCCNc1ncnc(N(C)Cc2cc(Br)cs2)c1C. The van der Waals surface area contributed by atoms with Crippen LogP contribution < -0.4 is 10.2 Å². The van der Waals surface area contributed by atoms with Crippen molar-refractivity contribution in [3.05, 3.63) is 32.7 Å². The molecule has 6 heteroatoms. The van der Waals surface area contributed by atoms with Crippen LogP contribution in [-0.2, 0) is 6.54 Å². The molecule has 20 heavy (non-hydrogen) atoms. The van der Waals surface area contributed by atoms with E-state index in [1.165, 1.54) is 4.88 Å². The highest BCUT2D eigenvalue weighted by molar-refractivity contribution is 9.10. The van der Waals surface area contributed by atoms with E-state index in [9.17, 15) is 0 Å². The Kier molecular flexibility index (Phi) is 5.37. The molecule has 0 radical (unpaired) electrons. The fraction of sp³-hybridized carbons (Fsp3) is 0.429. The molecule has 0 aliphatic heterocycles. The molecule has 0 aromatic carbocycles. The molecule has 0 saturated heterocycles. The summed E-state index contributed by atoms with van der Waals surface area (Å²) in [5.41, 5.74) is 1.10. The number of rotatable bonds is 6. The summed E-state index contributed by atoms with van der Waals surface area (Å²) in [5.74, 6) is 1.90. The highest BCUT2D eigenvalue weighted by Crippen LogP contribution is 2.25. The lowest BCUT2D eigenvalue weighted by Gasteiger charge is -2.20. The Balaban J connectivity index is 2.14. The van der Waals surface area contributed by atoms with Crippen LogP contribution in [0.2, 0.25) is 0 Å². The van der Waals surface area contributed by atoms with Gasteiger partial charge in [-0.2, -0.15) is 0 Å². The zero-order chi connectivity index (χ0) is 14.5.